The van der Waals surface area contributed by atoms with Gasteiger partial charge in [-0.25, -0.2) is 0 Å². The van der Waals surface area contributed by atoms with Gasteiger partial charge >= 0.3 is 0 Å². The Morgan fingerprint density at radius 1 is 1.43 bits per heavy atom. The lowest BCUT2D eigenvalue weighted by molar-refractivity contribution is -0.117. The number of nitrogens with one attached hydrogen (secondary N) is 3. The summed E-state index contributed by atoms with van der Waals surface area (Å²) >= 11 is 6.02. The molecule has 2 rings (SSSR count). The van der Waals surface area contributed by atoms with E-state index in [4.69, 9.17) is 11.6 Å². The summed E-state index contributed by atoms with van der Waals surface area (Å²) < 4.78 is 0. The van der Waals surface area contributed by atoms with Gasteiger partial charge in [0.1, 0.15) is 0 Å². The molecule has 2 aromatic heterocycles. The highest BCUT2D eigenvalue weighted by atomic mass is 35.5. The van der Waals surface area contributed by atoms with E-state index >= 15 is 0 Å². The molecule has 122 valence electrons. The van der Waals surface area contributed by atoms with E-state index in [1.165, 1.54) is 4.80 Å². The third-order valence-corrected chi connectivity index (χ3v) is 3.08. The van der Waals surface area contributed by atoms with Crippen LogP contribution in [0, 0.1) is 0 Å². The number of rotatable bonds is 7. The molecule has 1 atom stereocenters. The van der Waals surface area contributed by atoms with Crippen molar-refractivity contribution >= 4 is 23.4 Å². The lowest BCUT2D eigenvalue weighted by Gasteiger charge is -2.11. The molecule has 0 aliphatic carbocycles. The first kappa shape index (κ1) is 16.7. The first-order valence-electron chi connectivity index (χ1n) is 6.77. The maximum absolute atomic E-state index is 11.9. The molecule has 0 saturated carbocycles. The van der Waals surface area contributed by atoms with Gasteiger partial charge in [0, 0.05) is 24.9 Å². The van der Waals surface area contributed by atoms with Crippen LogP contribution >= 0.6 is 11.6 Å². The number of hydrogen-bond donors (Lipinski definition) is 3. The zero-order valence-corrected chi connectivity index (χ0v) is 13.2. The molecule has 0 radical (unpaired) electrons. The van der Waals surface area contributed by atoms with Crippen molar-refractivity contribution in [2.75, 3.05) is 13.1 Å². The zero-order chi connectivity index (χ0) is 16.8. The second kappa shape index (κ2) is 7.54. The van der Waals surface area contributed by atoms with Gasteiger partial charge < -0.3 is 15.6 Å². The third kappa shape index (κ3) is 4.65. The van der Waals surface area contributed by atoms with Crippen LogP contribution in [0.5, 0.6) is 0 Å². The number of hydrogen-bond acceptors (Lipinski definition) is 5. The van der Waals surface area contributed by atoms with Crippen LogP contribution < -0.4 is 10.6 Å². The number of aromatic nitrogens is 5. The molecule has 0 spiro atoms. The van der Waals surface area contributed by atoms with Crippen molar-refractivity contribution in [3.8, 4) is 5.82 Å². The molecular weight excluding hydrogens is 322 g/mol. The Morgan fingerprint density at radius 2 is 2.17 bits per heavy atom. The van der Waals surface area contributed by atoms with Gasteiger partial charge in [-0.1, -0.05) is 6.58 Å². The highest BCUT2D eigenvalue weighted by Crippen LogP contribution is 2.00. The van der Waals surface area contributed by atoms with Gasteiger partial charge in [0.05, 0.1) is 5.38 Å². The number of amides is 2. The molecule has 23 heavy (non-hydrogen) atoms. The molecule has 0 saturated heterocycles. The lowest BCUT2D eigenvalue weighted by Crippen LogP contribution is -2.37. The van der Waals surface area contributed by atoms with E-state index in [1.807, 2.05) is 0 Å². The fraction of sp³-hybridized carbons (Fsp3) is 0.308. The highest BCUT2D eigenvalue weighted by molar-refractivity contribution is 6.21. The average molecular weight is 338 g/mol. The fourth-order valence-corrected chi connectivity index (χ4v) is 1.72. The quantitative estimate of drug-likeness (QED) is 0.486. The normalized spacial score (nSPS) is 11.7. The van der Waals surface area contributed by atoms with Gasteiger partial charge in [0.2, 0.25) is 5.91 Å². The molecule has 1 unspecified atom stereocenters. The number of nitrogens with zero attached hydrogens (tertiary/aromatic N) is 4. The molecule has 0 bridgehead atoms. The molecule has 2 amide bonds. The number of carbonyl (C=O) groups excluding carboxylic acids is 2. The van der Waals surface area contributed by atoms with Gasteiger partial charge in [0.15, 0.2) is 5.82 Å². The molecule has 0 aliphatic heterocycles. The van der Waals surface area contributed by atoms with Gasteiger partial charge in [-0.2, -0.15) is 0 Å². The Hall–Kier alpha value is -2.68. The Bertz CT molecular complexity index is 695. The third-order valence-electron chi connectivity index (χ3n) is 2.77. The van der Waals surface area contributed by atoms with E-state index in [1.54, 1.807) is 25.3 Å². The van der Waals surface area contributed by atoms with Crippen molar-refractivity contribution in [3.63, 3.8) is 0 Å². The van der Waals surface area contributed by atoms with Crippen LogP contribution in [0.15, 0.2) is 30.5 Å². The smallest absolute Gasteiger partial charge is 0.292 e. The molecule has 0 aliphatic rings. The van der Waals surface area contributed by atoms with E-state index in [0.717, 1.165) is 0 Å². The minimum absolute atomic E-state index is 0.0746. The van der Waals surface area contributed by atoms with Crippen LogP contribution in [-0.4, -0.2) is 55.5 Å². The van der Waals surface area contributed by atoms with Crippen LogP contribution in [-0.2, 0) is 4.79 Å². The zero-order valence-electron chi connectivity index (χ0n) is 12.4. The Balaban J connectivity index is 1.81. The Kier molecular flexibility index (Phi) is 5.47. The molecule has 0 fully saturated rings. The van der Waals surface area contributed by atoms with Crippen LogP contribution in [0.1, 0.15) is 17.5 Å². The predicted octanol–water partition coefficient (Wildman–Crippen LogP) is 0.0199. The maximum atomic E-state index is 11.9. The molecule has 2 heterocycles. The highest BCUT2D eigenvalue weighted by Gasteiger charge is 2.15. The van der Waals surface area contributed by atoms with E-state index in [9.17, 15) is 9.59 Å². The van der Waals surface area contributed by atoms with E-state index in [0.29, 0.717) is 11.4 Å². The number of aromatic amines is 1. The molecule has 9 nitrogen and oxygen atoms in total. The summed E-state index contributed by atoms with van der Waals surface area (Å²) in [6.07, 6.45) is 1.70. The summed E-state index contributed by atoms with van der Waals surface area (Å²) in [5, 5.41) is 16.1. The molecule has 2 aromatic rings. The number of carbonyl (C=O) groups is 2. The minimum atomic E-state index is -0.500. The summed E-state index contributed by atoms with van der Waals surface area (Å²) in [6.45, 7) is 5.47. The summed E-state index contributed by atoms with van der Waals surface area (Å²) in [5.41, 5.74) is 0.392. The standard InChI is InChI=1S/C13H16ClN7O2/c1-8(2)12(22)16-6-9(14)7-17-13(23)11-18-20-21(19-11)10-4-3-5-15-10/h3-5,9,15H,1,6-7H2,2H3,(H,16,22)(H,17,23). The van der Waals surface area contributed by atoms with Crippen LogP contribution in [0.2, 0.25) is 0 Å². The fourth-order valence-electron chi connectivity index (χ4n) is 1.56. The second-order valence-electron chi connectivity index (χ2n) is 4.76. The minimum Gasteiger partial charge on any atom is -0.351 e. The van der Waals surface area contributed by atoms with E-state index in [2.05, 4.69) is 37.6 Å². The van der Waals surface area contributed by atoms with Gasteiger partial charge in [-0.05, 0) is 24.3 Å². The van der Waals surface area contributed by atoms with Crippen molar-refractivity contribution < 1.29 is 9.59 Å². The first-order chi connectivity index (χ1) is 11.0. The average Bonchev–Trinajstić information content (AvgIpc) is 3.19. The monoisotopic (exact) mass is 337 g/mol. The van der Waals surface area contributed by atoms with Gasteiger partial charge in [-0.3, -0.25) is 9.59 Å². The summed E-state index contributed by atoms with van der Waals surface area (Å²) in [4.78, 5) is 27.3. The largest absolute Gasteiger partial charge is 0.351 e. The van der Waals surface area contributed by atoms with Crippen LogP contribution in [0.3, 0.4) is 0 Å². The lowest BCUT2D eigenvalue weighted by atomic mass is 10.3. The van der Waals surface area contributed by atoms with E-state index in [-0.39, 0.29) is 24.8 Å². The van der Waals surface area contributed by atoms with Crippen LogP contribution in [0.25, 0.3) is 5.82 Å². The number of halogens is 1. The molecule has 0 aromatic carbocycles. The molecule has 3 N–H and O–H groups in total. The Labute approximate surface area is 137 Å². The number of H-pyrrole nitrogens is 1. The first-order valence-corrected chi connectivity index (χ1v) is 7.20. The van der Waals surface area contributed by atoms with Gasteiger partial charge in [-0.15, -0.1) is 26.6 Å². The second-order valence-corrected chi connectivity index (χ2v) is 5.37. The van der Waals surface area contributed by atoms with Gasteiger partial charge in [0.25, 0.3) is 11.7 Å². The summed E-state index contributed by atoms with van der Waals surface area (Å²) in [6, 6.07) is 3.51. The van der Waals surface area contributed by atoms with Crippen molar-refractivity contribution in [1.82, 2.24) is 35.8 Å². The van der Waals surface area contributed by atoms with Crippen molar-refractivity contribution in [3.05, 3.63) is 36.3 Å². The molecular formula is C13H16ClN7O2. The van der Waals surface area contributed by atoms with Crippen LogP contribution in [0.4, 0.5) is 0 Å². The van der Waals surface area contributed by atoms with Crippen molar-refractivity contribution in [2.45, 2.75) is 12.3 Å². The van der Waals surface area contributed by atoms with E-state index < -0.39 is 11.3 Å². The number of alkyl halides is 1. The predicted molar refractivity (Wildman–Crippen MR) is 83.3 cm³/mol. The Morgan fingerprint density at radius 3 is 2.83 bits per heavy atom. The molecule has 10 heteroatoms. The summed E-state index contributed by atoms with van der Waals surface area (Å²) in [7, 11) is 0. The maximum Gasteiger partial charge on any atom is 0.292 e. The topological polar surface area (TPSA) is 118 Å². The number of tetrazole rings is 1. The summed E-state index contributed by atoms with van der Waals surface area (Å²) in [5.74, 6) is -0.263. The SMILES string of the molecule is C=C(C)C(=O)NCC(Cl)CNC(=O)c1nnn(-c2ccc[nH]2)n1. The van der Waals surface area contributed by atoms with Crippen molar-refractivity contribution in [1.29, 1.82) is 0 Å². The van der Waals surface area contributed by atoms with Crippen molar-refractivity contribution in [2.24, 2.45) is 0 Å².